The van der Waals surface area contributed by atoms with Crippen LogP contribution in [0.1, 0.15) is 0 Å². The van der Waals surface area contributed by atoms with Crippen molar-refractivity contribution in [3.05, 3.63) is 12.2 Å². The van der Waals surface area contributed by atoms with Gasteiger partial charge in [-0.05, 0) is 0 Å². The van der Waals surface area contributed by atoms with Crippen molar-refractivity contribution in [1.29, 1.82) is 0 Å². The van der Waals surface area contributed by atoms with Crippen LogP contribution in [0.4, 0.5) is 0 Å². The maximum absolute atomic E-state index is 9.66. The van der Waals surface area contributed by atoms with Crippen LogP contribution in [0.25, 0.3) is 0 Å². The molecule has 0 heterocycles. The van der Waals surface area contributed by atoms with Crippen LogP contribution < -0.4 is 0 Å². The molecule has 7 heavy (non-hydrogen) atoms. The highest BCUT2D eigenvalue weighted by molar-refractivity contribution is 4.79. The Labute approximate surface area is 43.4 Å². The Morgan fingerprint density at radius 2 is 2.29 bits per heavy atom. The van der Waals surface area contributed by atoms with Crippen LogP contribution in [0, 0.1) is 0 Å². The van der Waals surface area contributed by atoms with Gasteiger partial charge in [-0.25, -0.2) is 5.11 Å². The molecule has 0 aliphatic rings. The summed E-state index contributed by atoms with van der Waals surface area (Å²) in [6.07, 6.45) is 3.23. The molecule has 0 saturated heterocycles. The number of hydrogen-bond donors (Lipinski definition) is 0. The Balaban J connectivity index is 2.78. The summed E-state index contributed by atoms with van der Waals surface area (Å²) in [4.78, 5) is 0. The van der Waals surface area contributed by atoms with E-state index in [0.29, 0.717) is 6.61 Å². The van der Waals surface area contributed by atoms with E-state index in [1.165, 1.54) is 6.08 Å². The number of rotatable bonds is 3. The van der Waals surface area contributed by atoms with Crippen molar-refractivity contribution in [3.63, 3.8) is 0 Å². The Hall–Kier alpha value is -0.340. The first-order valence-electron chi connectivity index (χ1n) is 2.14. The molecule has 0 fully saturated rings. The van der Waals surface area contributed by atoms with Crippen molar-refractivity contribution < 1.29 is 9.84 Å². The van der Waals surface area contributed by atoms with Crippen molar-refractivity contribution >= 4 is 0 Å². The molecule has 0 rings (SSSR count). The van der Waals surface area contributed by atoms with E-state index in [1.54, 1.807) is 13.2 Å². The van der Waals surface area contributed by atoms with Gasteiger partial charge < -0.3 is 4.74 Å². The third kappa shape index (κ3) is 5.66. The molecule has 0 aromatic heterocycles. The van der Waals surface area contributed by atoms with E-state index in [9.17, 15) is 5.11 Å². The van der Waals surface area contributed by atoms with Crippen molar-refractivity contribution in [2.45, 2.75) is 0 Å². The molecular formula is C5H9O2. The minimum absolute atomic E-state index is 0.149. The van der Waals surface area contributed by atoms with Gasteiger partial charge >= 0.3 is 0 Å². The van der Waals surface area contributed by atoms with Gasteiger partial charge in [-0.2, -0.15) is 0 Å². The highest BCUT2D eigenvalue weighted by atomic mass is 16.5. The van der Waals surface area contributed by atoms with Gasteiger partial charge in [0.25, 0.3) is 0 Å². The molecule has 0 N–H and O–H groups in total. The molecule has 2 nitrogen and oxygen atoms in total. The SMILES string of the molecule is COC/C=C/C[O]. The molecule has 0 spiro atoms. The maximum atomic E-state index is 9.66. The normalized spacial score (nSPS) is 10.6. The number of hydrogen-bond acceptors (Lipinski definition) is 1. The molecule has 0 amide bonds. The summed E-state index contributed by atoms with van der Waals surface area (Å²) in [6, 6.07) is 0. The van der Waals surface area contributed by atoms with Crippen LogP contribution in [-0.4, -0.2) is 20.3 Å². The summed E-state index contributed by atoms with van der Waals surface area (Å²) in [5.41, 5.74) is 0. The highest BCUT2D eigenvalue weighted by Gasteiger charge is 1.68. The van der Waals surface area contributed by atoms with Crippen molar-refractivity contribution in [3.8, 4) is 0 Å². The number of ether oxygens (including phenoxy) is 1. The molecule has 0 unspecified atom stereocenters. The Kier molecular flexibility index (Phi) is 5.39. The summed E-state index contributed by atoms with van der Waals surface area (Å²) in [5.74, 6) is 0. The third-order valence-electron chi connectivity index (χ3n) is 0.526. The molecule has 0 saturated carbocycles. The van der Waals surface area contributed by atoms with E-state index in [2.05, 4.69) is 4.74 Å². The monoisotopic (exact) mass is 101 g/mol. The predicted molar refractivity (Wildman–Crippen MR) is 26.6 cm³/mol. The van der Waals surface area contributed by atoms with Crippen LogP contribution in [-0.2, 0) is 9.84 Å². The molecule has 2 heteroatoms. The fourth-order valence-electron chi connectivity index (χ4n) is 0.232. The molecule has 1 radical (unpaired) electrons. The second kappa shape index (κ2) is 5.66. The van der Waals surface area contributed by atoms with Crippen LogP contribution in [0.2, 0.25) is 0 Å². The quantitative estimate of drug-likeness (QED) is 0.479. The van der Waals surface area contributed by atoms with Gasteiger partial charge in [0.15, 0.2) is 0 Å². The average molecular weight is 101 g/mol. The lowest BCUT2D eigenvalue weighted by atomic mass is 10.5. The molecule has 0 aliphatic heterocycles. The second-order valence-electron chi connectivity index (χ2n) is 1.09. The fraction of sp³-hybridized carbons (Fsp3) is 0.600. The minimum Gasteiger partial charge on any atom is -0.381 e. The standard InChI is InChI=1S/C5H9O2/c1-7-5-3-2-4-6/h2-3H,4-5H2,1H3/b3-2+. The van der Waals surface area contributed by atoms with Crippen molar-refractivity contribution in [1.82, 2.24) is 0 Å². The topological polar surface area (TPSA) is 29.1 Å². The summed E-state index contributed by atoms with van der Waals surface area (Å²) in [5, 5.41) is 9.66. The molecule has 0 aromatic rings. The van der Waals surface area contributed by atoms with Gasteiger partial charge in [0, 0.05) is 7.11 Å². The van der Waals surface area contributed by atoms with E-state index >= 15 is 0 Å². The first-order chi connectivity index (χ1) is 3.41. The van der Waals surface area contributed by atoms with Gasteiger partial charge in [0.1, 0.15) is 6.61 Å². The highest BCUT2D eigenvalue weighted by Crippen LogP contribution is 1.70. The lowest BCUT2D eigenvalue weighted by molar-refractivity contribution is 0.222. The van der Waals surface area contributed by atoms with Gasteiger partial charge in [0.05, 0.1) is 6.61 Å². The van der Waals surface area contributed by atoms with Gasteiger partial charge in [-0.15, -0.1) is 0 Å². The summed E-state index contributed by atoms with van der Waals surface area (Å²) < 4.78 is 4.62. The molecule has 41 valence electrons. The van der Waals surface area contributed by atoms with Crippen LogP contribution in [0.15, 0.2) is 12.2 Å². The Bertz CT molecular complexity index is 50.0. The van der Waals surface area contributed by atoms with Crippen molar-refractivity contribution in [2.24, 2.45) is 0 Å². The zero-order valence-electron chi connectivity index (χ0n) is 4.39. The molecule has 0 bridgehead atoms. The lowest BCUT2D eigenvalue weighted by Gasteiger charge is -1.83. The average Bonchev–Trinajstić information content (AvgIpc) is 1.69. The molecule has 0 aliphatic carbocycles. The molecule has 0 atom stereocenters. The predicted octanol–water partition coefficient (Wildman–Crippen LogP) is 0.620. The largest absolute Gasteiger partial charge is 0.381 e. The molecule has 0 aromatic carbocycles. The fourth-order valence-corrected chi connectivity index (χ4v) is 0.232. The van der Waals surface area contributed by atoms with Crippen LogP contribution in [0.5, 0.6) is 0 Å². The first kappa shape index (κ1) is 6.66. The summed E-state index contributed by atoms with van der Waals surface area (Å²) in [6.45, 7) is 0.394. The Morgan fingerprint density at radius 1 is 1.57 bits per heavy atom. The van der Waals surface area contributed by atoms with E-state index < -0.39 is 0 Å². The smallest absolute Gasteiger partial charge is 0.100 e. The summed E-state index contributed by atoms with van der Waals surface area (Å²) >= 11 is 0. The summed E-state index contributed by atoms with van der Waals surface area (Å²) in [7, 11) is 1.59. The number of methoxy groups -OCH3 is 1. The first-order valence-corrected chi connectivity index (χ1v) is 2.14. The minimum atomic E-state index is -0.149. The van der Waals surface area contributed by atoms with E-state index in [1.807, 2.05) is 0 Å². The van der Waals surface area contributed by atoms with Gasteiger partial charge in [0.2, 0.25) is 0 Å². The van der Waals surface area contributed by atoms with E-state index in [-0.39, 0.29) is 6.61 Å². The third-order valence-corrected chi connectivity index (χ3v) is 0.526. The van der Waals surface area contributed by atoms with Gasteiger partial charge in [-0.1, -0.05) is 12.2 Å². The van der Waals surface area contributed by atoms with Gasteiger partial charge in [-0.3, -0.25) is 0 Å². The zero-order chi connectivity index (χ0) is 5.54. The van der Waals surface area contributed by atoms with Crippen LogP contribution in [0.3, 0.4) is 0 Å². The lowest BCUT2D eigenvalue weighted by Crippen LogP contribution is -1.80. The van der Waals surface area contributed by atoms with E-state index in [4.69, 9.17) is 0 Å². The molecular weight excluding hydrogens is 92.1 g/mol. The zero-order valence-corrected chi connectivity index (χ0v) is 4.39. The maximum Gasteiger partial charge on any atom is 0.100 e. The van der Waals surface area contributed by atoms with Crippen LogP contribution >= 0.6 is 0 Å². The van der Waals surface area contributed by atoms with E-state index in [0.717, 1.165) is 0 Å². The second-order valence-corrected chi connectivity index (χ2v) is 1.09. The Morgan fingerprint density at radius 3 is 2.71 bits per heavy atom. The van der Waals surface area contributed by atoms with Crippen molar-refractivity contribution in [2.75, 3.05) is 20.3 Å².